The molecule has 200 valence electrons. The Morgan fingerprint density at radius 2 is 1.80 bits per heavy atom. The van der Waals surface area contributed by atoms with Gasteiger partial charge in [0.2, 0.25) is 0 Å². The average Bonchev–Trinajstić information content (AvgIpc) is 3.74. The van der Waals surface area contributed by atoms with Crippen molar-refractivity contribution in [2.75, 3.05) is 6.54 Å². The first kappa shape index (κ1) is 24.9. The van der Waals surface area contributed by atoms with Gasteiger partial charge in [-0.3, -0.25) is 9.59 Å². The summed E-state index contributed by atoms with van der Waals surface area (Å²) >= 11 is 1.69. The quantitative estimate of drug-likeness (QED) is 0.294. The smallest absolute Gasteiger partial charge is 0.256 e. The van der Waals surface area contributed by atoms with E-state index in [1.807, 2.05) is 48.5 Å². The molecular weight excluding hydrogens is 518 g/mol. The molecule has 2 aromatic heterocycles. The van der Waals surface area contributed by atoms with Crippen LogP contribution in [0.4, 0.5) is 0 Å². The van der Waals surface area contributed by atoms with E-state index in [1.165, 1.54) is 15.6 Å². The number of nitrogens with one attached hydrogen (secondary N) is 1. The van der Waals surface area contributed by atoms with Gasteiger partial charge in [-0.15, -0.1) is 11.3 Å². The number of nitrogens with zero attached hydrogens (tertiary/aromatic N) is 2. The van der Waals surface area contributed by atoms with Gasteiger partial charge in [0.05, 0.1) is 23.2 Å². The SMILES string of the molecule is O=C(C(O)c1cccc(-c2cc3ccccc3s2)c1)N1CCCc2nc(C3(c4ccccc4)CC3)[nH]c(=O)c2C1. The second-order valence-electron chi connectivity index (χ2n) is 10.8. The number of carbonyl (C=O) groups excluding carboxylic acids is 1. The van der Waals surface area contributed by atoms with Crippen LogP contribution in [0.5, 0.6) is 0 Å². The summed E-state index contributed by atoms with van der Waals surface area (Å²) in [5, 5.41) is 12.3. The van der Waals surface area contributed by atoms with Gasteiger partial charge in [-0.25, -0.2) is 4.98 Å². The van der Waals surface area contributed by atoms with Crippen molar-refractivity contribution in [1.29, 1.82) is 0 Å². The zero-order chi connectivity index (χ0) is 27.3. The molecule has 1 fully saturated rings. The van der Waals surface area contributed by atoms with Crippen LogP contribution >= 0.6 is 11.3 Å². The molecule has 3 aromatic carbocycles. The number of rotatable bonds is 5. The lowest BCUT2D eigenvalue weighted by atomic mass is 9.94. The molecule has 0 saturated heterocycles. The third-order valence-electron chi connectivity index (χ3n) is 8.28. The highest BCUT2D eigenvalue weighted by Crippen LogP contribution is 2.52. The molecule has 2 N–H and O–H groups in total. The zero-order valence-corrected chi connectivity index (χ0v) is 22.8. The van der Waals surface area contributed by atoms with Crippen LogP contribution in [0, 0.1) is 0 Å². The fourth-order valence-corrected chi connectivity index (χ4v) is 6.94. The number of H-pyrrole nitrogens is 1. The molecule has 0 spiro atoms. The molecule has 1 unspecified atom stereocenters. The summed E-state index contributed by atoms with van der Waals surface area (Å²) in [4.78, 5) is 37.6. The van der Waals surface area contributed by atoms with Crippen LogP contribution in [0.15, 0.2) is 89.7 Å². The highest BCUT2D eigenvalue weighted by atomic mass is 32.1. The number of amides is 1. The average molecular weight is 548 g/mol. The summed E-state index contributed by atoms with van der Waals surface area (Å²) in [5.74, 6) is 0.327. The normalized spacial score (nSPS) is 16.8. The summed E-state index contributed by atoms with van der Waals surface area (Å²) in [7, 11) is 0. The second kappa shape index (κ2) is 9.84. The van der Waals surface area contributed by atoms with Gasteiger partial charge < -0.3 is 15.0 Å². The number of hydrogen-bond acceptors (Lipinski definition) is 5. The molecule has 2 aliphatic rings. The van der Waals surface area contributed by atoms with E-state index in [0.29, 0.717) is 30.5 Å². The van der Waals surface area contributed by atoms with Crippen molar-refractivity contribution >= 4 is 27.3 Å². The minimum Gasteiger partial charge on any atom is -0.378 e. The third kappa shape index (κ3) is 4.35. The van der Waals surface area contributed by atoms with Gasteiger partial charge >= 0.3 is 0 Å². The molecule has 0 radical (unpaired) electrons. The predicted molar refractivity (Wildman–Crippen MR) is 157 cm³/mol. The number of carbonyl (C=O) groups is 1. The Morgan fingerprint density at radius 3 is 2.60 bits per heavy atom. The van der Waals surface area contributed by atoms with E-state index < -0.39 is 12.0 Å². The van der Waals surface area contributed by atoms with Crippen LogP contribution in [-0.4, -0.2) is 32.4 Å². The van der Waals surface area contributed by atoms with Gasteiger partial charge in [0.1, 0.15) is 5.82 Å². The number of aromatic nitrogens is 2. The van der Waals surface area contributed by atoms with Gasteiger partial charge in [-0.2, -0.15) is 0 Å². The van der Waals surface area contributed by atoms with Crippen LogP contribution in [0.3, 0.4) is 0 Å². The lowest BCUT2D eigenvalue weighted by Gasteiger charge is -2.24. The van der Waals surface area contributed by atoms with Crippen molar-refractivity contribution in [3.63, 3.8) is 0 Å². The number of thiophene rings is 1. The lowest BCUT2D eigenvalue weighted by Crippen LogP contribution is -2.36. The lowest BCUT2D eigenvalue weighted by molar-refractivity contribution is -0.141. The minimum absolute atomic E-state index is 0.141. The number of aromatic amines is 1. The maximum atomic E-state index is 13.5. The van der Waals surface area contributed by atoms with Crippen molar-refractivity contribution in [2.45, 2.75) is 43.7 Å². The van der Waals surface area contributed by atoms with Crippen molar-refractivity contribution in [2.24, 2.45) is 0 Å². The van der Waals surface area contributed by atoms with Gasteiger partial charge in [0.25, 0.3) is 11.5 Å². The van der Waals surface area contributed by atoms with Crippen LogP contribution in [-0.2, 0) is 23.2 Å². The molecular formula is C33H29N3O3S. The summed E-state index contributed by atoms with van der Waals surface area (Å²) < 4.78 is 1.20. The molecule has 1 aliphatic carbocycles. The predicted octanol–water partition coefficient (Wildman–Crippen LogP) is 5.74. The maximum absolute atomic E-state index is 13.5. The standard InChI is InChI=1S/C33H29N3O3S/c37-29(23-10-6-9-21(18-23)28-19-22-8-4-5-14-27(22)40-28)31(39)36-17-7-13-26-25(20-36)30(38)35-32(34-26)33(15-16-33)24-11-2-1-3-12-24/h1-6,8-12,14,18-19,29,37H,7,13,15-17,20H2,(H,34,35,38). The van der Waals surface area contributed by atoms with Crippen molar-refractivity contribution < 1.29 is 9.90 Å². The number of fused-ring (bicyclic) bond motifs is 2. The van der Waals surface area contributed by atoms with Gasteiger partial charge in [0.15, 0.2) is 6.10 Å². The number of hydrogen-bond donors (Lipinski definition) is 2. The first-order chi connectivity index (χ1) is 19.5. The van der Waals surface area contributed by atoms with Crippen LogP contribution < -0.4 is 5.56 Å². The molecule has 1 atom stereocenters. The molecule has 40 heavy (non-hydrogen) atoms. The zero-order valence-electron chi connectivity index (χ0n) is 22.0. The van der Waals surface area contributed by atoms with Gasteiger partial charge in [-0.1, -0.05) is 66.7 Å². The van der Waals surface area contributed by atoms with E-state index in [0.717, 1.165) is 34.8 Å². The van der Waals surface area contributed by atoms with Crippen molar-refractivity contribution in [3.05, 3.63) is 123 Å². The number of aryl methyl sites for hydroxylation is 1. The summed E-state index contributed by atoms with van der Waals surface area (Å²) in [6.07, 6.45) is 1.90. The summed E-state index contributed by atoms with van der Waals surface area (Å²) in [5.41, 5.74) is 3.54. The molecule has 1 aliphatic heterocycles. The van der Waals surface area contributed by atoms with E-state index in [4.69, 9.17) is 4.98 Å². The highest BCUT2D eigenvalue weighted by molar-refractivity contribution is 7.22. The minimum atomic E-state index is -1.31. The Morgan fingerprint density at radius 1 is 1.00 bits per heavy atom. The van der Waals surface area contributed by atoms with Gasteiger partial charge in [-0.05, 0) is 66.0 Å². The van der Waals surface area contributed by atoms with Crippen molar-refractivity contribution in [3.8, 4) is 10.4 Å². The molecule has 0 bridgehead atoms. The Balaban J connectivity index is 1.14. The van der Waals surface area contributed by atoms with E-state index >= 15 is 0 Å². The molecule has 3 heterocycles. The molecule has 5 aromatic rings. The molecule has 1 saturated carbocycles. The van der Waals surface area contributed by atoms with Crippen LogP contribution in [0.1, 0.15) is 53.6 Å². The Kier molecular flexibility index (Phi) is 6.13. The van der Waals surface area contributed by atoms with E-state index in [9.17, 15) is 14.7 Å². The fraction of sp³-hybridized carbons (Fsp3) is 0.242. The highest BCUT2D eigenvalue weighted by Gasteiger charge is 2.48. The van der Waals surface area contributed by atoms with Gasteiger partial charge in [0, 0.05) is 16.1 Å². The molecule has 7 heteroatoms. The van der Waals surface area contributed by atoms with Crippen LogP contribution in [0.25, 0.3) is 20.5 Å². The number of aliphatic hydroxyl groups is 1. The third-order valence-corrected chi connectivity index (χ3v) is 9.44. The maximum Gasteiger partial charge on any atom is 0.256 e. The number of aliphatic hydroxyl groups excluding tert-OH is 1. The molecule has 1 amide bonds. The van der Waals surface area contributed by atoms with Crippen LogP contribution in [0.2, 0.25) is 0 Å². The van der Waals surface area contributed by atoms with E-state index in [-0.39, 0.29) is 17.5 Å². The molecule has 6 nitrogen and oxygen atoms in total. The second-order valence-corrected chi connectivity index (χ2v) is 11.9. The van der Waals surface area contributed by atoms with Crippen molar-refractivity contribution in [1.82, 2.24) is 14.9 Å². The van der Waals surface area contributed by atoms with E-state index in [1.54, 1.807) is 22.3 Å². The largest absolute Gasteiger partial charge is 0.378 e. The Bertz CT molecular complexity index is 1760. The number of benzene rings is 3. The Hall–Kier alpha value is -4.07. The fourth-order valence-electron chi connectivity index (χ4n) is 5.88. The summed E-state index contributed by atoms with van der Waals surface area (Å²) in [6, 6.07) is 28.1. The monoisotopic (exact) mass is 547 g/mol. The first-order valence-corrected chi connectivity index (χ1v) is 14.6. The Labute approximate surface area is 236 Å². The summed E-state index contributed by atoms with van der Waals surface area (Å²) in [6.45, 7) is 0.600. The molecule has 7 rings (SSSR count). The first-order valence-electron chi connectivity index (χ1n) is 13.8. The van der Waals surface area contributed by atoms with E-state index in [2.05, 4.69) is 35.3 Å². The topological polar surface area (TPSA) is 86.3 Å².